The zero-order chi connectivity index (χ0) is 22.3. The van der Waals surface area contributed by atoms with Gasteiger partial charge in [-0.2, -0.15) is 0 Å². The lowest BCUT2D eigenvalue weighted by Gasteiger charge is -2.09. The summed E-state index contributed by atoms with van der Waals surface area (Å²) in [6.45, 7) is 0.683. The molecular formula is C22H20ClFN2O4S. The molecule has 0 radical (unpaired) electrons. The van der Waals surface area contributed by atoms with Crippen LogP contribution in [0.4, 0.5) is 4.39 Å². The Bertz CT molecular complexity index is 1140. The molecule has 0 heterocycles. The number of nitrogens with one attached hydrogen (secondary N) is 2. The molecule has 0 aliphatic heterocycles. The molecule has 6 nitrogen and oxygen atoms in total. The SMILES string of the molecule is O=C(NCCOc1ccccc1)c1ccc(CNS(=O)(=O)c2ccc(F)c(Cl)c2)cc1. The molecule has 0 aliphatic rings. The lowest BCUT2D eigenvalue weighted by molar-refractivity contribution is 0.0947. The predicted octanol–water partition coefficient (Wildman–Crippen LogP) is 3.77. The summed E-state index contributed by atoms with van der Waals surface area (Å²) in [5.74, 6) is -0.225. The Balaban J connectivity index is 1.49. The van der Waals surface area contributed by atoms with Gasteiger partial charge in [0.15, 0.2) is 0 Å². The summed E-state index contributed by atoms with van der Waals surface area (Å²) in [4.78, 5) is 12.1. The zero-order valence-corrected chi connectivity index (χ0v) is 17.9. The zero-order valence-electron chi connectivity index (χ0n) is 16.3. The molecule has 0 saturated heterocycles. The molecule has 3 rings (SSSR count). The fourth-order valence-electron chi connectivity index (χ4n) is 2.63. The van der Waals surface area contributed by atoms with E-state index in [1.54, 1.807) is 24.3 Å². The highest BCUT2D eigenvalue weighted by molar-refractivity contribution is 7.89. The second-order valence-corrected chi connectivity index (χ2v) is 8.69. The van der Waals surface area contributed by atoms with E-state index in [-0.39, 0.29) is 22.4 Å². The molecule has 31 heavy (non-hydrogen) atoms. The van der Waals surface area contributed by atoms with Gasteiger partial charge in [-0.1, -0.05) is 41.9 Å². The van der Waals surface area contributed by atoms with Crippen LogP contribution in [0.3, 0.4) is 0 Å². The number of carbonyl (C=O) groups is 1. The second kappa shape index (κ2) is 10.4. The van der Waals surface area contributed by atoms with E-state index in [1.807, 2.05) is 30.3 Å². The van der Waals surface area contributed by atoms with E-state index < -0.39 is 15.8 Å². The molecule has 0 unspecified atom stereocenters. The van der Waals surface area contributed by atoms with Gasteiger partial charge in [0.1, 0.15) is 18.2 Å². The number of benzene rings is 3. The molecule has 0 atom stereocenters. The van der Waals surface area contributed by atoms with Crippen LogP contribution in [0.25, 0.3) is 0 Å². The summed E-state index contributed by atoms with van der Waals surface area (Å²) in [5.41, 5.74) is 1.09. The summed E-state index contributed by atoms with van der Waals surface area (Å²) >= 11 is 5.65. The van der Waals surface area contributed by atoms with Crippen molar-refractivity contribution in [2.75, 3.05) is 13.2 Å². The predicted molar refractivity (Wildman–Crippen MR) is 116 cm³/mol. The van der Waals surface area contributed by atoms with E-state index >= 15 is 0 Å². The number of hydrogen-bond donors (Lipinski definition) is 2. The van der Waals surface area contributed by atoms with Crippen molar-refractivity contribution in [2.24, 2.45) is 0 Å². The Kier molecular flexibility index (Phi) is 7.62. The Hall–Kier alpha value is -2.94. The van der Waals surface area contributed by atoms with Crippen molar-refractivity contribution in [3.8, 4) is 5.75 Å². The van der Waals surface area contributed by atoms with E-state index in [2.05, 4.69) is 10.0 Å². The van der Waals surface area contributed by atoms with Gasteiger partial charge in [0.25, 0.3) is 5.91 Å². The highest BCUT2D eigenvalue weighted by Gasteiger charge is 2.15. The van der Waals surface area contributed by atoms with Gasteiger partial charge < -0.3 is 10.1 Å². The molecule has 3 aromatic carbocycles. The smallest absolute Gasteiger partial charge is 0.251 e. The summed E-state index contributed by atoms with van der Waals surface area (Å²) in [5, 5.41) is 2.49. The summed E-state index contributed by atoms with van der Waals surface area (Å²) < 4.78 is 45.8. The van der Waals surface area contributed by atoms with Gasteiger partial charge in [0, 0.05) is 12.1 Å². The number of para-hydroxylation sites is 1. The van der Waals surface area contributed by atoms with E-state index in [0.717, 1.165) is 23.9 Å². The van der Waals surface area contributed by atoms with Crippen molar-refractivity contribution in [3.63, 3.8) is 0 Å². The van der Waals surface area contributed by atoms with Crippen LogP contribution in [0.1, 0.15) is 15.9 Å². The fraction of sp³-hybridized carbons (Fsp3) is 0.136. The number of ether oxygens (including phenoxy) is 1. The quantitative estimate of drug-likeness (QED) is 0.474. The van der Waals surface area contributed by atoms with Crippen LogP contribution >= 0.6 is 11.6 Å². The fourth-order valence-corrected chi connectivity index (χ4v) is 3.92. The van der Waals surface area contributed by atoms with Crippen LogP contribution in [0.15, 0.2) is 77.7 Å². The van der Waals surface area contributed by atoms with Crippen molar-refractivity contribution in [2.45, 2.75) is 11.4 Å². The molecule has 0 bridgehead atoms. The number of rotatable bonds is 9. The van der Waals surface area contributed by atoms with E-state index in [0.29, 0.717) is 24.3 Å². The lowest BCUT2D eigenvalue weighted by atomic mass is 10.1. The first-order valence-electron chi connectivity index (χ1n) is 9.35. The van der Waals surface area contributed by atoms with Gasteiger partial charge in [-0.25, -0.2) is 17.5 Å². The van der Waals surface area contributed by atoms with Gasteiger partial charge in [-0.15, -0.1) is 0 Å². The van der Waals surface area contributed by atoms with Gasteiger partial charge in [-0.05, 0) is 48.0 Å². The molecule has 162 valence electrons. The molecule has 9 heteroatoms. The Morgan fingerprint density at radius 2 is 1.71 bits per heavy atom. The molecule has 0 aliphatic carbocycles. The number of halogens is 2. The molecule has 2 N–H and O–H groups in total. The maximum atomic E-state index is 13.2. The van der Waals surface area contributed by atoms with Crippen LogP contribution in [0, 0.1) is 5.82 Å². The molecule has 3 aromatic rings. The summed E-state index contributed by atoms with van der Waals surface area (Å²) in [6.07, 6.45) is 0. The normalized spacial score (nSPS) is 11.2. The minimum atomic E-state index is -3.86. The van der Waals surface area contributed by atoms with Gasteiger partial charge in [0.2, 0.25) is 10.0 Å². The largest absolute Gasteiger partial charge is 0.492 e. The third kappa shape index (κ3) is 6.52. The lowest BCUT2D eigenvalue weighted by Crippen LogP contribution is -2.28. The Labute approximate surface area is 185 Å². The van der Waals surface area contributed by atoms with E-state index in [1.165, 1.54) is 0 Å². The van der Waals surface area contributed by atoms with Gasteiger partial charge in [0.05, 0.1) is 16.5 Å². The van der Waals surface area contributed by atoms with Gasteiger partial charge in [-0.3, -0.25) is 4.79 Å². The molecular weight excluding hydrogens is 443 g/mol. The topological polar surface area (TPSA) is 84.5 Å². The molecule has 0 saturated carbocycles. The summed E-state index contributed by atoms with van der Waals surface area (Å²) in [7, 11) is -3.86. The van der Waals surface area contributed by atoms with Crippen LogP contribution in [0.2, 0.25) is 5.02 Å². The minimum Gasteiger partial charge on any atom is -0.492 e. The molecule has 1 amide bonds. The maximum Gasteiger partial charge on any atom is 0.251 e. The highest BCUT2D eigenvalue weighted by Crippen LogP contribution is 2.19. The molecule has 0 aromatic heterocycles. The number of carbonyl (C=O) groups excluding carboxylic acids is 1. The van der Waals surface area contributed by atoms with Crippen molar-refractivity contribution in [1.29, 1.82) is 0 Å². The van der Waals surface area contributed by atoms with E-state index in [9.17, 15) is 17.6 Å². The average Bonchev–Trinajstić information content (AvgIpc) is 2.78. The molecule has 0 spiro atoms. The molecule has 0 fully saturated rings. The average molecular weight is 463 g/mol. The van der Waals surface area contributed by atoms with Crippen LogP contribution in [-0.4, -0.2) is 27.5 Å². The second-order valence-electron chi connectivity index (χ2n) is 6.51. The number of amides is 1. The van der Waals surface area contributed by atoms with Gasteiger partial charge >= 0.3 is 0 Å². The van der Waals surface area contributed by atoms with Crippen molar-refractivity contribution in [1.82, 2.24) is 10.0 Å². The first-order valence-corrected chi connectivity index (χ1v) is 11.2. The van der Waals surface area contributed by atoms with Crippen LogP contribution in [0.5, 0.6) is 5.75 Å². The summed E-state index contributed by atoms with van der Waals surface area (Å²) in [6, 6.07) is 19.0. The Morgan fingerprint density at radius 1 is 1.00 bits per heavy atom. The maximum absolute atomic E-state index is 13.2. The van der Waals surface area contributed by atoms with Crippen molar-refractivity contribution in [3.05, 3.63) is 94.8 Å². The monoisotopic (exact) mass is 462 g/mol. The third-order valence-corrected chi connectivity index (χ3v) is 5.97. The standard InChI is InChI=1S/C22H20ClFN2O4S/c23-20-14-19(10-11-21(20)24)31(28,29)26-15-16-6-8-17(9-7-16)22(27)25-12-13-30-18-4-2-1-3-5-18/h1-11,14,26H,12-13,15H2,(H,25,27). The van der Waals surface area contributed by atoms with Crippen molar-refractivity contribution >= 4 is 27.5 Å². The van der Waals surface area contributed by atoms with E-state index in [4.69, 9.17) is 16.3 Å². The first-order chi connectivity index (χ1) is 14.8. The third-order valence-electron chi connectivity index (χ3n) is 4.28. The minimum absolute atomic E-state index is 0.00411. The van der Waals surface area contributed by atoms with Crippen LogP contribution < -0.4 is 14.8 Å². The number of hydrogen-bond acceptors (Lipinski definition) is 4. The first kappa shape index (κ1) is 22.7. The van der Waals surface area contributed by atoms with Crippen molar-refractivity contribution < 1.29 is 22.3 Å². The highest BCUT2D eigenvalue weighted by atomic mass is 35.5. The van der Waals surface area contributed by atoms with Crippen LogP contribution in [-0.2, 0) is 16.6 Å². The Morgan fingerprint density at radius 3 is 2.39 bits per heavy atom. The number of sulfonamides is 1.